The van der Waals surface area contributed by atoms with Gasteiger partial charge in [-0.2, -0.15) is 0 Å². The van der Waals surface area contributed by atoms with E-state index in [1.54, 1.807) is 0 Å². The van der Waals surface area contributed by atoms with E-state index in [2.05, 4.69) is 232 Å². The zero-order valence-electron chi connectivity index (χ0n) is 33.3. The van der Waals surface area contributed by atoms with E-state index in [1.807, 2.05) is 0 Å². The van der Waals surface area contributed by atoms with E-state index in [1.165, 1.54) is 94.4 Å². The van der Waals surface area contributed by atoms with E-state index in [0.717, 1.165) is 0 Å². The molecule has 2 nitrogen and oxygen atoms in total. The second kappa shape index (κ2) is 13.2. The lowest BCUT2D eigenvalue weighted by Crippen LogP contribution is -2.17. The number of benzene rings is 8. The minimum absolute atomic E-state index is 0.111. The third-order valence-electron chi connectivity index (χ3n) is 12.7. The first-order valence-corrected chi connectivity index (χ1v) is 20.1. The summed E-state index contributed by atoms with van der Waals surface area (Å²) in [6.07, 6.45) is 2.21. The Morgan fingerprint density at radius 2 is 0.930 bits per heavy atom. The first-order chi connectivity index (χ1) is 27.7. The molecule has 11 rings (SSSR count). The van der Waals surface area contributed by atoms with Crippen molar-refractivity contribution >= 4 is 33.1 Å². The molecule has 2 aliphatic rings. The predicted molar refractivity (Wildman–Crippen MR) is 242 cm³/mol. The van der Waals surface area contributed by atoms with Gasteiger partial charge in [0.1, 0.15) is 0 Å². The van der Waals surface area contributed by atoms with Gasteiger partial charge >= 0.3 is 0 Å². The zero-order chi connectivity index (χ0) is 38.9. The van der Waals surface area contributed by atoms with Gasteiger partial charge in [-0.05, 0) is 103 Å². The molecule has 2 aliphatic carbocycles. The van der Waals surface area contributed by atoms with Crippen molar-refractivity contribution in [1.29, 1.82) is 0 Å². The van der Waals surface area contributed by atoms with Gasteiger partial charge in [0, 0.05) is 51.9 Å². The first kappa shape index (κ1) is 34.8. The number of aromatic nitrogens is 1. The van der Waals surface area contributed by atoms with Gasteiger partial charge in [-0.15, -0.1) is 0 Å². The number of fused-ring (bicyclic) bond motifs is 9. The topological polar surface area (TPSA) is 8.17 Å². The Kier molecular flexibility index (Phi) is 8.09. The van der Waals surface area contributed by atoms with Crippen molar-refractivity contribution in [3.63, 3.8) is 0 Å². The van der Waals surface area contributed by atoms with Crippen LogP contribution >= 0.6 is 0 Å². The van der Waals surface area contributed by atoms with E-state index in [9.17, 15) is 0 Å². The Labute approximate surface area is 336 Å². The lowest BCUT2D eigenvalue weighted by Gasteiger charge is -2.25. The molecule has 0 aliphatic heterocycles. The number of hydrogen-bond acceptors (Lipinski definition) is 1. The van der Waals surface area contributed by atoms with Gasteiger partial charge in [0.15, 0.2) is 0 Å². The Morgan fingerprint density at radius 3 is 1.65 bits per heavy atom. The van der Waals surface area contributed by atoms with Gasteiger partial charge < -0.3 is 9.47 Å². The summed E-state index contributed by atoms with van der Waals surface area (Å²) in [4.78, 5) is 2.29. The van der Waals surface area contributed by atoms with Crippen LogP contribution in [0.15, 0.2) is 188 Å². The minimum Gasteiger partial charge on any atom is -0.345 e. The molecule has 8 aromatic carbocycles. The molecular formula is C55H46N2. The molecule has 0 atom stereocenters. The third kappa shape index (κ3) is 5.62. The van der Waals surface area contributed by atoms with Crippen molar-refractivity contribution in [2.75, 3.05) is 11.9 Å². The smallest absolute Gasteiger partial charge is 0.0606 e. The van der Waals surface area contributed by atoms with Crippen LogP contribution in [0.1, 0.15) is 49.9 Å². The molecule has 276 valence electrons. The van der Waals surface area contributed by atoms with Gasteiger partial charge in [-0.25, -0.2) is 0 Å². The monoisotopic (exact) mass is 734 g/mol. The Balaban J connectivity index is 0.000000220. The van der Waals surface area contributed by atoms with Crippen molar-refractivity contribution in [3.8, 4) is 39.1 Å². The molecule has 0 radical (unpaired) electrons. The Hall–Kier alpha value is -6.64. The summed E-state index contributed by atoms with van der Waals surface area (Å²) in [7, 11) is 2.16. The van der Waals surface area contributed by atoms with Crippen LogP contribution in [0.3, 0.4) is 0 Å². The maximum Gasteiger partial charge on any atom is 0.0606 e. The quantitative estimate of drug-likeness (QED) is 0.175. The van der Waals surface area contributed by atoms with Crippen LogP contribution in [0.2, 0.25) is 0 Å². The van der Waals surface area contributed by atoms with Crippen LogP contribution < -0.4 is 4.90 Å². The molecule has 0 N–H and O–H groups in total. The van der Waals surface area contributed by atoms with Gasteiger partial charge in [-0.1, -0.05) is 167 Å². The number of anilines is 2. The van der Waals surface area contributed by atoms with E-state index in [0.29, 0.717) is 0 Å². The largest absolute Gasteiger partial charge is 0.345 e. The predicted octanol–water partition coefficient (Wildman–Crippen LogP) is 14.5. The Morgan fingerprint density at radius 1 is 0.404 bits per heavy atom. The summed E-state index contributed by atoms with van der Waals surface area (Å²) in [6.45, 7) is 9.33. The zero-order valence-corrected chi connectivity index (χ0v) is 33.3. The lowest BCUT2D eigenvalue weighted by atomic mass is 9.82. The van der Waals surface area contributed by atoms with Crippen molar-refractivity contribution in [1.82, 2.24) is 4.57 Å². The van der Waals surface area contributed by atoms with E-state index in [-0.39, 0.29) is 10.8 Å². The summed E-state index contributed by atoms with van der Waals surface area (Å²) in [5.74, 6) is 0. The van der Waals surface area contributed by atoms with Gasteiger partial charge in [0.05, 0.1) is 5.52 Å². The van der Waals surface area contributed by atoms with Crippen LogP contribution in [0.25, 0.3) is 60.7 Å². The highest BCUT2D eigenvalue weighted by Crippen LogP contribution is 2.51. The summed E-state index contributed by atoms with van der Waals surface area (Å²) >= 11 is 0. The third-order valence-corrected chi connectivity index (χ3v) is 12.7. The maximum atomic E-state index is 2.41. The second-order valence-corrected chi connectivity index (χ2v) is 16.7. The number of rotatable bonds is 4. The highest BCUT2D eigenvalue weighted by atomic mass is 15.1. The molecule has 0 bridgehead atoms. The van der Waals surface area contributed by atoms with Crippen molar-refractivity contribution < 1.29 is 0 Å². The van der Waals surface area contributed by atoms with E-state index >= 15 is 0 Å². The van der Waals surface area contributed by atoms with Gasteiger partial charge in [-0.3, -0.25) is 0 Å². The normalized spacial score (nSPS) is 14.0. The van der Waals surface area contributed by atoms with Gasteiger partial charge in [0.2, 0.25) is 0 Å². The summed E-state index contributed by atoms with van der Waals surface area (Å²) in [6, 6.07) is 66.2. The standard InChI is InChI=1S/C40H32N2.C15H14/c1-40(2)37-25-32(41(3)31-17-15-28(16-18-31)27-9-5-4-6-10-27)19-21-35(37)36-22-20-33(26-38(36)40)42-24-23-30-14-13-29-11-7-8-12-34(29)39(30)42;1-15(2)13-9-5-3-7-11(13)12-8-4-6-10-14(12)15/h4-26H,1-3H3;3-10H,1-2H3. The van der Waals surface area contributed by atoms with Crippen molar-refractivity contribution in [2.45, 2.75) is 38.5 Å². The second-order valence-electron chi connectivity index (χ2n) is 16.7. The van der Waals surface area contributed by atoms with E-state index < -0.39 is 0 Å². The van der Waals surface area contributed by atoms with Crippen molar-refractivity contribution in [2.24, 2.45) is 0 Å². The SMILES string of the molecule is CC1(C)c2ccccc2-c2ccccc21.CN(c1ccc(-c2ccccc2)cc1)c1ccc2c(c1)C(C)(C)c1cc(-n3ccc4ccc5ccccc5c43)ccc1-2. The molecule has 0 amide bonds. The summed E-state index contributed by atoms with van der Waals surface area (Å²) in [5.41, 5.74) is 18.5. The van der Waals surface area contributed by atoms with Crippen LogP contribution in [-0.4, -0.2) is 11.6 Å². The fourth-order valence-electron chi connectivity index (χ4n) is 9.52. The fraction of sp³-hybridized carbons (Fsp3) is 0.127. The molecule has 57 heavy (non-hydrogen) atoms. The van der Waals surface area contributed by atoms with Crippen LogP contribution in [0.5, 0.6) is 0 Å². The highest BCUT2D eigenvalue weighted by molar-refractivity contribution is 6.06. The molecule has 1 heterocycles. The highest BCUT2D eigenvalue weighted by Gasteiger charge is 2.37. The Bertz CT molecular complexity index is 2920. The van der Waals surface area contributed by atoms with E-state index in [4.69, 9.17) is 0 Å². The molecule has 0 saturated carbocycles. The molecule has 0 fully saturated rings. The molecule has 0 spiro atoms. The fourth-order valence-corrected chi connectivity index (χ4v) is 9.52. The summed E-state index contributed by atoms with van der Waals surface area (Å²) < 4.78 is 2.36. The van der Waals surface area contributed by atoms with Crippen molar-refractivity contribution in [3.05, 3.63) is 210 Å². The average Bonchev–Trinajstić information content (AvgIpc) is 3.87. The van der Waals surface area contributed by atoms with Crippen LogP contribution in [0.4, 0.5) is 11.4 Å². The number of hydrogen-bond donors (Lipinski definition) is 0. The average molecular weight is 735 g/mol. The molecular weight excluding hydrogens is 689 g/mol. The first-order valence-electron chi connectivity index (χ1n) is 20.1. The molecule has 0 unspecified atom stereocenters. The molecule has 1 aromatic heterocycles. The summed E-state index contributed by atoms with van der Waals surface area (Å²) in [5, 5.41) is 3.82. The lowest BCUT2D eigenvalue weighted by molar-refractivity contribution is 0.660. The van der Waals surface area contributed by atoms with Crippen LogP contribution in [-0.2, 0) is 10.8 Å². The molecule has 2 heteroatoms. The molecule has 0 saturated heterocycles. The number of nitrogens with zero attached hydrogens (tertiary/aromatic N) is 2. The minimum atomic E-state index is -0.111. The maximum absolute atomic E-state index is 2.41. The van der Waals surface area contributed by atoms with Crippen LogP contribution in [0, 0.1) is 0 Å². The molecule has 9 aromatic rings. The van der Waals surface area contributed by atoms with Gasteiger partial charge in [0.25, 0.3) is 0 Å².